The zero-order chi connectivity index (χ0) is 17.1. The maximum Gasteiger partial charge on any atom is 0.0904 e. The Morgan fingerprint density at radius 1 is 0.560 bits per heavy atom. The summed E-state index contributed by atoms with van der Waals surface area (Å²) in [5, 5.41) is 0. The first-order chi connectivity index (χ1) is 12.6. The molecule has 0 radical (unpaired) electrons. The first kappa shape index (κ1) is 13.5. The molecule has 25 heavy (non-hydrogen) atoms. The van der Waals surface area contributed by atoms with Crippen LogP contribution in [0.15, 0.2) is 12.4 Å². The van der Waals surface area contributed by atoms with Crippen LogP contribution in [0.25, 0.3) is 0 Å². The number of rotatable bonds is 2. The molecule has 8 saturated carbocycles. The van der Waals surface area contributed by atoms with Gasteiger partial charge in [-0.15, -0.1) is 0 Å². The van der Waals surface area contributed by atoms with E-state index in [1.807, 2.05) is 0 Å². The molecule has 1 aliphatic heterocycles. The predicted octanol–water partition coefficient (Wildman–Crippen LogP) is 4.97. The number of hydrogen-bond acceptors (Lipinski definition) is 2. The third-order valence-corrected chi connectivity index (χ3v) is 9.74. The van der Waals surface area contributed by atoms with Crippen LogP contribution >= 0.6 is 0 Å². The van der Waals surface area contributed by atoms with Crippen molar-refractivity contribution in [2.45, 2.75) is 88.1 Å². The Bertz CT molecular complexity index is 530. The molecule has 8 aliphatic carbocycles. The van der Waals surface area contributed by atoms with E-state index >= 15 is 0 Å². The second-order valence-electron chi connectivity index (χ2n) is 11.5. The van der Waals surface area contributed by atoms with Crippen LogP contribution in [0.4, 0.5) is 0 Å². The summed E-state index contributed by atoms with van der Waals surface area (Å²) in [5.41, 5.74) is 0.684. The van der Waals surface area contributed by atoms with Crippen molar-refractivity contribution in [3.05, 3.63) is 12.4 Å². The van der Waals surface area contributed by atoms with E-state index in [0.29, 0.717) is 11.1 Å². The minimum atomic E-state index is -0.137. The zero-order valence-corrected chi connectivity index (χ0v) is 15.6. The van der Waals surface area contributed by atoms with Crippen LogP contribution < -0.4 is 0 Å². The van der Waals surface area contributed by atoms with Crippen molar-refractivity contribution in [3.8, 4) is 0 Å². The lowest BCUT2D eigenvalue weighted by Crippen LogP contribution is -2.62. The molecule has 0 aromatic carbocycles. The normalized spacial score (nSPS) is 61.4. The van der Waals surface area contributed by atoms with Crippen molar-refractivity contribution in [1.82, 2.24) is 9.80 Å². The molecule has 2 nitrogen and oxygen atoms in total. The van der Waals surface area contributed by atoms with Gasteiger partial charge in [0, 0.05) is 23.5 Å². The molecule has 0 unspecified atom stereocenters. The lowest BCUT2D eigenvalue weighted by atomic mass is 9.52. The van der Waals surface area contributed by atoms with Gasteiger partial charge in [0.1, 0.15) is 0 Å². The van der Waals surface area contributed by atoms with Gasteiger partial charge in [0.2, 0.25) is 0 Å². The van der Waals surface area contributed by atoms with Gasteiger partial charge in [-0.1, -0.05) is 0 Å². The molecule has 0 amide bonds. The average Bonchev–Trinajstić information content (AvgIpc) is 2.95. The molecular formula is C23H34N2. The van der Waals surface area contributed by atoms with Gasteiger partial charge in [-0.05, 0) is 113 Å². The highest BCUT2D eigenvalue weighted by atomic mass is 15.4. The Hall–Kier alpha value is -0.660. The van der Waals surface area contributed by atoms with E-state index in [-0.39, 0.29) is 6.64 Å². The van der Waals surface area contributed by atoms with Crippen LogP contribution in [0.5, 0.6) is 0 Å². The summed E-state index contributed by atoms with van der Waals surface area (Å²) in [5.74, 6) is 5.81. The minimum Gasteiger partial charge on any atom is -0.353 e. The quantitative estimate of drug-likeness (QED) is 0.701. The van der Waals surface area contributed by atoms with Gasteiger partial charge in [0.25, 0.3) is 0 Å². The van der Waals surface area contributed by atoms with Crippen LogP contribution in [-0.4, -0.2) is 27.5 Å². The molecule has 136 valence electrons. The molecule has 0 spiro atoms. The van der Waals surface area contributed by atoms with E-state index in [9.17, 15) is 1.37 Å². The van der Waals surface area contributed by atoms with Crippen LogP contribution in [0.3, 0.4) is 0 Å². The molecule has 0 aromatic heterocycles. The smallest absolute Gasteiger partial charge is 0.0904 e. The van der Waals surface area contributed by atoms with E-state index in [2.05, 4.69) is 22.2 Å². The van der Waals surface area contributed by atoms with E-state index < -0.39 is 0 Å². The lowest BCUT2D eigenvalue weighted by molar-refractivity contribution is -0.105. The Morgan fingerprint density at radius 2 is 0.840 bits per heavy atom. The highest BCUT2D eigenvalue weighted by Gasteiger charge is 2.57. The summed E-state index contributed by atoms with van der Waals surface area (Å²) < 4.78 is 9.31. The summed E-state index contributed by atoms with van der Waals surface area (Å²) >= 11 is 0. The summed E-state index contributed by atoms with van der Waals surface area (Å²) in [7, 11) is 0. The van der Waals surface area contributed by atoms with Crippen LogP contribution in [0.1, 0.15) is 78.4 Å². The summed E-state index contributed by atoms with van der Waals surface area (Å²) in [6, 6.07) is 0. The van der Waals surface area contributed by atoms with Gasteiger partial charge in [-0.25, -0.2) is 0 Å². The van der Waals surface area contributed by atoms with Crippen LogP contribution in [0.2, 0.25) is 0 Å². The number of nitrogens with zero attached hydrogens (tertiary/aromatic N) is 2. The van der Waals surface area contributed by atoms with Gasteiger partial charge in [-0.3, -0.25) is 0 Å². The Kier molecular flexibility index (Phi) is 2.48. The van der Waals surface area contributed by atoms with E-state index in [1.54, 1.807) is 0 Å². The van der Waals surface area contributed by atoms with Gasteiger partial charge in [0.15, 0.2) is 0 Å². The van der Waals surface area contributed by atoms with E-state index in [0.717, 1.165) is 35.5 Å². The van der Waals surface area contributed by atoms with Crippen LogP contribution in [-0.2, 0) is 0 Å². The van der Waals surface area contributed by atoms with Crippen molar-refractivity contribution < 1.29 is 1.37 Å². The van der Waals surface area contributed by atoms with Gasteiger partial charge in [0.05, 0.1) is 8.02 Å². The molecule has 2 heteroatoms. The molecule has 0 aromatic rings. The van der Waals surface area contributed by atoms with E-state index in [4.69, 9.17) is 0 Å². The first-order valence-corrected chi connectivity index (χ1v) is 11.3. The second kappa shape index (κ2) is 4.60. The molecule has 8 bridgehead atoms. The minimum absolute atomic E-state index is 0.137. The molecule has 1 heterocycles. The summed E-state index contributed by atoms with van der Waals surface area (Å²) in [4.78, 5) is 5.13. The standard InChI is InChI=1S/C23H34N2/c1-2-25(23-12-19-6-20(13-23)8-21(7-19)14-23)15-24(1)22-9-16-3-17(10-22)5-18(4-16)11-22/h1-2,16-21H,3-15H2/i15D. The molecular weight excluding hydrogens is 304 g/mol. The molecule has 0 atom stereocenters. The Balaban J connectivity index is 1.19. The van der Waals surface area contributed by atoms with Gasteiger partial charge in [-0.2, -0.15) is 0 Å². The fourth-order valence-corrected chi connectivity index (χ4v) is 9.68. The molecule has 0 saturated heterocycles. The molecule has 0 N–H and O–H groups in total. The van der Waals surface area contributed by atoms with E-state index in [1.165, 1.54) is 77.0 Å². The highest BCUT2D eigenvalue weighted by Crippen LogP contribution is 2.61. The number of hydrogen-bond donors (Lipinski definition) is 0. The van der Waals surface area contributed by atoms with Crippen LogP contribution in [0, 0.1) is 35.5 Å². The molecule has 8 fully saturated rings. The Morgan fingerprint density at radius 3 is 1.12 bits per heavy atom. The average molecular weight is 340 g/mol. The van der Waals surface area contributed by atoms with Gasteiger partial charge < -0.3 is 9.80 Å². The Labute approximate surface area is 154 Å². The maximum atomic E-state index is 9.31. The SMILES string of the molecule is [2H]C1N(C23CC4CC(CC(C4)C2)C3)C=CN1C12CC3CC(CC(C3)C1)C2. The third-order valence-electron chi connectivity index (χ3n) is 9.74. The first-order valence-electron chi connectivity index (χ1n) is 11.9. The second-order valence-corrected chi connectivity index (χ2v) is 11.5. The summed E-state index contributed by atoms with van der Waals surface area (Å²) in [6.45, 7) is -0.137. The van der Waals surface area contributed by atoms with Crippen molar-refractivity contribution in [2.75, 3.05) is 6.64 Å². The summed E-state index contributed by atoms with van der Waals surface area (Å²) in [6.07, 6.45) is 22.0. The van der Waals surface area contributed by atoms with Gasteiger partial charge >= 0.3 is 0 Å². The fraction of sp³-hybridized carbons (Fsp3) is 0.913. The largest absolute Gasteiger partial charge is 0.353 e. The fourth-order valence-electron chi connectivity index (χ4n) is 9.68. The molecule has 9 rings (SSSR count). The van der Waals surface area contributed by atoms with Crippen molar-refractivity contribution in [3.63, 3.8) is 0 Å². The predicted molar refractivity (Wildman–Crippen MR) is 99.5 cm³/mol. The monoisotopic (exact) mass is 339 g/mol. The third kappa shape index (κ3) is 1.92. The molecule has 9 aliphatic rings. The van der Waals surface area contributed by atoms with Crippen molar-refractivity contribution in [1.29, 1.82) is 0 Å². The highest BCUT2D eigenvalue weighted by molar-refractivity contribution is 5.16. The van der Waals surface area contributed by atoms with Crippen molar-refractivity contribution >= 4 is 0 Å². The van der Waals surface area contributed by atoms with Crippen molar-refractivity contribution in [2.24, 2.45) is 35.5 Å². The lowest BCUT2D eigenvalue weighted by Gasteiger charge is -2.62. The zero-order valence-electron chi connectivity index (χ0n) is 16.6. The maximum absolute atomic E-state index is 9.31. The topological polar surface area (TPSA) is 6.48 Å².